The summed E-state index contributed by atoms with van der Waals surface area (Å²) in [6, 6.07) is 8.84. The molecular weight excluding hydrogens is 204 g/mol. The number of fused-ring (bicyclic) bond motifs is 1. The molecule has 1 unspecified atom stereocenters. The largest absolute Gasteiger partial charge is 0.292 e. The lowest BCUT2D eigenvalue weighted by Crippen LogP contribution is -2.45. The van der Waals surface area contributed by atoms with Crippen molar-refractivity contribution in [1.82, 2.24) is 10.2 Å². The van der Waals surface area contributed by atoms with Gasteiger partial charge < -0.3 is 0 Å². The maximum atomic E-state index is 3.55. The summed E-state index contributed by atoms with van der Waals surface area (Å²) >= 11 is 2.00. The summed E-state index contributed by atoms with van der Waals surface area (Å²) in [6.07, 6.45) is 1.81. The minimum Gasteiger partial charge on any atom is -0.292 e. The highest BCUT2D eigenvalue weighted by molar-refractivity contribution is 7.99. The van der Waals surface area contributed by atoms with Crippen molar-refractivity contribution in [1.29, 1.82) is 0 Å². The van der Waals surface area contributed by atoms with Gasteiger partial charge in [0.05, 0.1) is 6.17 Å². The van der Waals surface area contributed by atoms with Gasteiger partial charge in [0.1, 0.15) is 0 Å². The van der Waals surface area contributed by atoms with Crippen molar-refractivity contribution in [2.75, 3.05) is 18.2 Å². The predicted octanol–water partition coefficient (Wildman–Crippen LogP) is 1.66. The zero-order chi connectivity index (χ0) is 10.1. The van der Waals surface area contributed by atoms with E-state index in [0.717, 1.165) is 12.4 Å². The highest BCUT2D eigenvalue weighted by Crippen LogP contribution is 2.22. The molecule has 1 fully saturated rings. The number of benzene rings is 1. The van der Waals surface area contributed by atoms with Gasteiger partial charge in [-0.15, -0.1) is 11.8 Å². The monoisotopic (exact) mass is 220 g/mol. The summed E-state index contributed by atoms with van der Waals surface area (Å²) in [5.41, 5.74) is 3.06. The first-order chi connectivity index (χ1) is 7.43. The number of hydrogen-bond donors (Lipinski definition) is 1. The predicted molar refractivity (Wildman–Crippen MR) is 64.8 cm³/mol. The van der Waals surface area contributed by atoms with Crippen LogP contribution in [0.4, 0.5) is 0 Å². The molecule has 0 aromatic heterocycles. The SMILES string of the molecule is c1ccc2c(c1)CCN(C1CSCN1)C2. The van der Waals surface area contributed by atoms with Crippen LogP contribution in [0.25, 0.3) is 0 Å². The van der Waals surface area contributed by atoms with Crippen LogP contribution >= 0.6 is 11.8 Å². The zero-order valence-electron chi connectivity index (χ0n) is 8.78. The van der Waals surface area contributed by atoms with Crippen LogP contribution < -0.4 is 5.32 Å². The molecular formula is C12H16N2S. The molecule has 0 bridgehead atoms. The van der Waals surface area contributed by atoms with Crippen LogP contribution in [0.2, 0.25) is 0 Å². The standard InChI is InChI=1S/C12H16N2S/c1-2-4-11-7-14(6-5-10(11)3-1)12-8-15-9-13-12/h1-4,12-13H,5-9H2. The maximum absolute atomic E-state index is 3.55. The van der Waals surface area contributed by atoms with Crippen LogP contribution in [0.15, 0.2) is 24.3 Å². The Morgan fingerprint density at radius 1 is 1.27 bits per heavy atom. The third-order valence-electron chi connectivity index (χ3n) is 3.30. The van der Waals surface area contributed by atoms with Crippen molar-refractivity contribution in [3.63, 3.8) is 0 Å². The molecule has 0 amide bonds. The molecule has 1 saturated heterocycles. The van der Waals surface area contributed by atoms with Gasteiger partial charge in [0.25, 0.3) is 0 Å². The van der Waals surface area contributed by atoms with Crippen molar-refractivity contribution in [3.05, 3.63) is 35.4 Å². The fraction of sp³-hybridized carbons (Fsp3) is 0.500. The van der Waals surface area contributed by atoms with E-state index < -0.39 is 0 Å². The second kappa shape index (κ2) is 4.16. The Hall–Kier alpha value is -0.510. The van der Waals surface area contributed by atoms with Crippen molar-refractivity contribution < 1.29 is 0 Å². The molecule has 1 N–H and O–H groups in total. The van der Waals surface area contributed by atoms with E-state index in [1.54, 1.807) is 5.56 Å². The lowest BCUT2D eigenvalue weighted by atomic mass is 10.00. The number of thioether (sulfide) groups is 1. The molecule has 2 nitrogen and oxygen atoms in total. The van der Waals surface area contributed by atoms with Crippen LogP contribution in [0.3, 0.4) is 0 Å². The Kier molecular flexibility index (Phi) is 2.69. The lowest BCUT2D eigenvalue weighted by molar-refractivity contribution is 0.176. The molecule has 2 aliphatic heterocycles. The van der Waals surface area contributed by atoms with Gasteiger partial charge in [-0.05, 0) is 17.5 Å². The van der Waals surface area contributed by atoms with Crippen LogP contribution in [0, 0.1) is 0 Å². The topological polar surface area (TPSA) is 15.3 Å². The van der Waals surface area contributed by atoms with Gasteiger partial charge in [-0.1, -0.05) is 24.3 Å². The van der Waals surface area contributed by atoms with Gasteiger partial charge in [0, 0.05) is 24.7 Å². The van der Waals surface area contributed by atoms with Crippen molar-refractivity contribution in [3.8, 4) is 0 Å². The Labute approximate surface area is 95.0 Å². The van der Waals surface area contributed by atoms with E-state index in [2.05, 4.69) is 34.5 Å². The van der Waals surface area contributed by atoms with E-state index in [9.17, 15) is 0 Å². The van der Waals surface area contributed by atoms with Gasteiger partial charge >= 0.3 is 0 Å². The maximum Gasteiger partial charge on any atom is 0.0700 e. The van der Waals surface area contributed by atoms with E-state index in [-0.39, 0.29) is 0 Å². The normalized spacial score (nSPS) is 26.5. The first-order valence-electron chi connectivity index (χ1n) is 5.55. The average molecular weight is 220 g/mol. The number of nitrogens with one attached hydrogen (secondary N) is 1. The summed E-state index contributed by atoms with van der Waals surface area (Å²) in [6.45, 7) is 2.32. The van der Waals surface area contributed by atoms with Crippen LogP contribution in [0.1, 0.15) is 11.1 Å². The molecule has 1 aromatic rings. The molecule has 2 heterocycles. The quantitative estimate of drug-likeness (QED) is 0.775. The minimum atomic E-state index is 0.600. The van der Waals surface area contributed by atoms with E-state index >= 15 is 0 Å². The zero-order valence-corrected chi connectivity index (χ0v) is 9.59. The van der Waals surface area contributed by atoms with E-state index in [1.807, 2.05) is 11.8 Å². The van der Waals surface area contributed by atoms with Crippen LogP contribution in [0.5, 0.6) is 0 Å². The molecule has 3 rings (SSSR count). The molecule has 0 aliphatic carbocycles. The Bertz CT molecular complexity index is 347. The third kappa shape index (κ3) is 1.92. The first kappa shape index (κ1) is 9.70. The summed E-state index contributed by atoms with van der Waals surface area (Å²) in [7, 11) is 0. The smallest absolute Gasteiger partial charge is 0.0700 e. The van der Waals surface area contributed by atoms with Crippen molar-refractivity contribution in [2.45, 2.75) is 19.1 Å². The number of hydrogen-bond acceptors (Lipinski definition) is 3. The molecule has 3 heteroatoms. The van der Waals surface area contributed by atoms with Gasteiger partial charge in [-0.25, -0.2) is 0 Å². The Morgan fingerprint density at radius 2 is 2.13 bits per heavy atom. The van der Waals surface area contributed by atoms with Crippen molar-refractivity contribution >= 4 is 11.8 Å². The second-order valence-electron chi connectivity index (χ2n) is 4.22. The van der Waals surface area contributed by atoms with E-state index in [4.69, 9.17) is 0 Å². The van der Waals surface area contributed by atoms with E-state index in [0.29, 0.717) is 6.17 Å². The molecule has 1 aromatic carbocycles. The number of nitrogens with zero attached hydrogens (tertiary/aromatic N) is 1. The molecule has 0 saturated carbocycles. The van der Waals surface area contributed by atoms with Gasteiger partial charge in [0.2, 0.25) is 0 Å². The summed E-state index contributed by atoms with van der Waals surface area (Å²) in [5, 5.41) is 3.55. The molecule has 0 spiro atoms. The van der Waals surface area contributed by atoms with Gasteiger partial charge in [-0.2, -0.15) is 0 Å². The number of rotatable bonds is 1. The minimum absolute atomic E-state index is 0.600. The summed E-state index contributed by atoms with van der Waals surface area (Å²) < 4.78 is 0. The van der Waals surface area contributed by atoms with Crippen molar-refractivity contribution in [2.24, 2.45) is 0 Å². The van der Waals surface area contributed by atoms with Crippen LogP contribution in [-0.2, 0) is 13.0 Å². The molecule has 15 heavy (non-hydrogen) atoms. The van der Waals surface area contributed by atoms with Gasteiger partial charge in [0.15, 0.2) is 0 Å². The first-order valence-corrected chi connectivity index (χ1v) is 6.71. The molecule has 80 valence electrons. The average Bonchev–Trinajstić information content (AvgIpc) is 2.82. The van der Waals surface area contributed by atoms with Crippen LogP contribution in [-0.4, -0.2) is 29.2 Å². The highest BCUT2D eigenvalue weighted by Gasteiger charge is 2.25. The highest BCUT2D eigenvalue weighted by atomic mass is 32.2. The van der Waals surface area contributed by atoms with E-state index in [1.165, 1.54) is 24.3 Å². The van der Waals surface area contributed by atoms with Gasteiger partial charge in [-0.3, -0.25) is 10.2 Å². The lowest BCUT2D eigenvalue weighted by Gasteiger charge is -2.33. The second-order valence-corrected chi connectivity index (χ2v) is 5.25. The molecule has 1 atom stereocenters. The fourth-order valence-corrected chi connectivity index (χ4v) is 3.38. The molecule has 0 radical (unpaired) electrons. The summed E-state index contributed by atoms with van der Waals surface area (Å²) in [4.78, 5) is 2.57. The summed E-state index contributed by atoms with van der Waals surface area (Å²) in [5.74, 6) is 2.35. The fourth-order valence-electron chi connectivity index (χ4n) is 2.40. The Balaban J connectivity index is 1.76. The Morgan fingerprint density at radius 3 is 2.93 bits per heavy atom. The molecule has 2 aliphatic rings. The third-order valence-corrected chi connectivity index (χ3v) is 4.22.